The summed E-state index contributed by atoms with van der Waals surface area (Å²) >= 11 is 0. The monoisotopic (exact) mass is 320 g/mol. The summed E-state index contributed by atoms with van der Waals surface area (Å²) in [7, 11) is 0. The molecule has 1 aliphatic heterocycles. The molecule has 0 fully saturated rings. The molecule has 0 aromatic carbocycles. The van der Waals surface area contributed by atoms with Gasteiger partial charge >= 0.3 is 0 Å². The molecule has 2 unspecified atom stereocenters. The molecule has 0 saturated heterocycles. The highest BCUT2D eigenvalue weighted by Crippen LogP contribution is 2.37. The van der Waals surface area contributed by atoms with Gasteiger partial charge in [-0.2, -0.15) is 0 Å². The van der Waals surface area contributed by atoms with Gasteiger partial charge in [0.15, 0.2) is 11.9 Å². The number of likely N-dealkylation sites (N-methyl/N-ethyl adjacent to an activating group) is 1. The average molecular weight is 320 g/mol. The second kappa shape index (κ2) is 5.78. The number of hydrogen-bond donors (Lipinski definition) is 0. The Morgan fingerprint density at radius 2 is 2.00 bits per heavy atom. The van der Waals surface area contributed by atoms with Gasteiger partial charge in [0.1, 0.15) is 11.5 Å². The maximum atomic E-state index is 12.3. The van der Waals surface area contributed by atoms with Crippen LogP contribution in [0.1, 0.15) is 13.8 Å². The zero-order valence-corrected chi connectivity index (χ0v) is 13.9. The first-order chi connectivity index (χ1) is 11.7. The van der Waals surface area contributed by atoms with Crippen molar-refractivity contribution >= 4 is 11.5 Å². The molecule has 3 aliphatic carbocycles. The molecule has 4 rings (SSSR count). The standard InChI is InChI=1S/C20H20N2O2/c1-3-22(4-2)13-9-10-16-18(11-13)24-19-12-17(23)14-7-5-6-8-15(14)20(19)21-16/h5-12,14,18H,3-4H2,1-2H3. The molecule has 0 amide bonds. The Labute approximate surface area is 141 Å². The molecule has 4 nitrogen and oxygen atoms in total. The van der Waals surface area contributed by atoms with Crippen LogP contribution in [0.3, 0.4) is 0 Å². The minimum absolute atomic E-state index is 0.0577. The van der Waals surface area contributed by atoms with Crippen LogP contribution in [0, 0.1) is 5.92 Å². The van der Waals surface area contributed by atoms with Gasteiger partial charge in [-0.05, 0) is 37.6 Å². The largest absolute Gasteiger partial charge is 0.477 e. The van der Waals surface area contributed by atoms with Gasteiger partial charge in [-0.3, -0.25) is 4.79 Å². The van der Waals surface area contributed by atoms with Crippen molar-refractivity contribution in [2.24, 2.45) is 10.9 Å². The fourth-order valence-corrected chi connectivity index (χ4v) is 3.48. The number of nitrogens with zero attached hydrogens (tertiary/aromatic N) is 2. The Bertz CT molecular complexity index is 801. The van der Waals surface area contributed by atoms with Crippen LogP contribution in [0.2, 0.25) is 0 Å². The summed E-state index contributed by atoms with van der Waals surface area (Å²) in [6, 6.07) is 0. The number of ether oxygens (including phenoxy) is 1. The first-order valence-corrected chi connectivity index (χ1v) is 8.46. The van der Waals surface area contributed by atoms with Crippen LogP contribution in [-0.4, -0.2) is 35.6 Å². The number of fused-ring (bicyclic) bond motifs is 3. The van der Waals surface area contributed by atoms with E-state index in [4.69, 9.17) is 9.73 Å². The third-order valence-corrected chi connectivity index (χ3v) is 4.77. The third-order valence-electron chi connectivity index (χ3n) is 4.77. The van der Waals surface area contributed by atoms with Crippen LogP contribution in [-0.2, 0) is 9.53 Å². The van der Waals surface area contributed by atoms with Crippen molar-refractivity contribution in [1.29, 1.82) is 0 Å². The maximum Gasteiger partial charge on any atom is 0.170 e. The van der Waals surface area contributed by atoms with Gasteiger partial charge in [0, 0.05) is 24.9 Å². The maximum absolute atomic E-state index is 12.3. The normalized spacial score (nSPS) is 26.8. The van der Waals surface area contributed by atoms with Crippen molar-refractivity contribution in [2.45, 2.75) is 20.0 Å². The van der Waals surface area contributed by atoms with Gasteiger partial charge in [0.05, 0.1) is 11.6 Å². The smallest absolute Gasteiger partial charge is 0.170 e. The molecule has 0 bridgehead atoms. The zero-order valence-electron chi connectivity index (χ0n) is 13.9. The Balaban J connectivity index is 1.74. The molecule has 4 heteroatoms. The highest BCUT2D eigenvalue weighted by Gasteiger charge is 2.35. The predicted molar refractivity (Wildman–Crippen MR) is 94.3 cm³/mol. The Morgan fingerprint density at radius 3 is 2.79 bits per heavy atom. The van der Waals surface area contributed by atoms with E-state index in [1.807, 2.05) is 30.4 Å². The van der Waals surface area contributed by atoms with E-state index in [1.54, 1.807) is 6.08 Å². The third kappa shape index (κ3) is 2.30. The number of aliphatic imine (C=N–C) groups is 1. The second-order valence-electron chi connectivity index (χ2n) is 6.11. The molecule has 122 valence electrons. The van der Waals surface area contributed by atoms with Crippen molar-refractivity contribution in [3.05, 3.63) is 71.3 Å². The van der Waals surface area contributed by atoms with Gasteiger partial charge in [-0.1, -0.05) is 24.3 Å². The molecule has 0 radical (unpaired) electrons. The Hall–Kier alpha value is -2.62. The first kappa shape index (κ1) is 14.9. The van der Waals surface area contributed by atoms with Crippen molar-refractivity contribution in [3.8, 4) is 0 Å². The quantitative estimate of drug-likeness (QED) is 0.802. The molecule has 1 heterocycles. The summed E-state index contributed by atoms with van der Waals surface area (Å²) in [5.74, 6) is 0.417. The minimum Gasteiger partial charge on any atom is -0.477 e. The molecular weight excluding hydrogens is 300 g/mol. The summed E-state index contributed by atoms with van der Waals surface area (Å²) in [6.45, 7) is 6.16. The summed E-state index contributed by atoms with van der Waals surface area (Å²) in [5, 5.41) is 0. The van der Waals surface area contributed by atoms with Crippen molar-refractivity contribution in [1.82, 2.24) is 4.90 Å². The number of hydrogen-bond acceptors (Lipinski definition) is 4. The number of carbonyl (C=O) groups excluding carboxylic acids is 1. The zero-order chi connectivity index (χ0) is 16.7. The number of carbonyl (C=O) groups is 1. The van der Waals surface area contributed by atoms with E-state index in [0.29, 0.717) is 5.76 Å². The summed E-state index contributed by atoms with van der Waals surface area (Å²) < 4.78 is 6.12. The van der Waals surface area contributed by atoms with Gasteiger partial charge in [0.25, 0.3) is 0 Å². The van der Waals surface area contributed by atoms with E-state index in [9.17, 15) is 4.79 Å². The van der Waals surface area contributed by atoms with Crippen LogP contribution in [0.5, 0.6) is 0 Å². The van der Waals surface area contributed by atoms with Crippen LogP contribution in [0.25, 0.3) is 0 Å². The number of rotatable bonds is 3. The number of allylic oxidation sites excluding steroid dienone is 7. The van der Waals surface area contributed by atoms with E-state index >= 15 is 0 Å². The van der Waals surface area contributed by atoms with Gasteiger partial charge in [0.2, 0.25) is 0 Å². The van der Waals surface area contributed by atoms with Gasteiger partial charge < -0.3 is 9.64 Å². The summed E-state index contributed by atoms with van der Waals surface area (Å²) in [4.78, 5) is 19.4. The Kier molecular flexibility index (Phi) is 3.60. The fourth-order valence-electron chi connectivity index (χ4n) is 3.48. The topological polar surface area (TPSA) is 41.9 Å². The highest BCUT2D eigenvalue weighted by atomic mass is 16.5. The van der Waals surface area contributed by atoms with Crippen LogP contribution in [0.4, 0.5) is 0 Å². The molecule has 0 N–H and O–H groups in total. The molecule has 0 saturated carbocycles. The van der Waals surface area contributed by atoms with Gasteiger partial charge in [-0.15, -0.1) is 0 Å². The van der Waals surface area contributed by atoms with E-state index < -0.39 is 0 Å². The molecule has 24 heavy (non-hydrogen) atoms. The van der Waals surface area contributed by atoms with E-state index in [1.165, 1.54) is 0 Å². The lowest BCUT2D eigenvalue weighted by Crippen LogP contribution is -2.33. The molecule has 4 aliphatic rings. The molecule has 2 atom stereocenters. The van der Waals surface area contributed by atoms with E-state index in [2.05, 4.69) is 30.9 Å². The lowest BCUT2D eigenvalue weighted by atomic mass is 9.84. The van der Waals surface area contributed by atoms with Crippen molar-refractivity contribution in [3.63, 3.8) is 0 Å². The van der Waals surface area contributed by atoms with E-state index in [0.717, 1.165) is 35.8 Å². The van der Waals surface area contributed by atoms with Crippen LogP contribution in [0.15, 0.2) is 76.3 Å². The average Bonchev–Trinajstić information content (AvgIpc) is 2.62. The lowest BCUT2D eigenvalue weighted by molar-refractivity contribution is -0.116. The lowest BCUT2D eigenvalue weighted by Gasteiger charge is -2.33. The van der Waals surface area contributed by atoms with Crippen molar-refractivity contribution in [2.75, 3.05) is 13.1 Å². The van der Waals surface area contributed by atoms with Crippen LogP contribution < -0.4 is 0 Å². The number of ketones is 1. The molecule has 0 spiro atoms. The molecular formula is C20H20N2O2. The van der Waals surface area contributed by atoms with E-state index in [-0.39, 0.29) is 17.8 Å². The fraction of sp³-hybridized carbons (Fsp3) is 0.300. The predicted octanol–water partition coefficient (Wildman–Crippen LogP) is 3.08. The SMILES string of the molecule is CCN(CC)C1=CC2OC3=CC(=O)C4C=CC=CC4=C3N=C2C=C1. The summed E-state index contributed by atoms with van der Waals surface area (Å²) in [5.41, 5.74) is 3.75. The molecule has 0 aromatic heterocycles. The summed E-state index contributed by atoms with van der Waals surface area (Å²) in [6.07, 6.45) is 15.3. The second-order valence-corrected chi connectivity index (χ2v) is 6.11. The van der Waals surface area contributed by atoms with Crippen LogP contribution >= 0.6 is 0 Å². The first-order valence-electron chi connectivity index (χ1n) is 8.46. The Morgan fingerprint density at radius 1 is 1.17 bits per heavy atom. The highest BCUT2D eigenvalue weighted by molar-refractivity contribution is 6.05. The minimum atomic E-state index is -0.229. The molecule has 0 aromatic rings. The van der Waals surface area contributed by atoms with Gasteiger partial charge in [-0.25, -0.2) is 4.99 Å². The van der Waals surface area contributed by atoms with Crippen molar-refractivity contribution < 1.29 is 9.53 Å².